The molecule has 168 valence electrons. The van der Waals surface area contributed by atoms with Crippen molar-refractivity contribution in [1.29, 1.82) is 0 Å². The average Bonchev–Trinajstić information content (AvgIpc) is 2.72. The molecule has 0 aliphatic heterocycles. The van der Waals surface area contributed by atoms with Crippen molar-refractivity contribution in [3.8, 4) is 5.75 Å². The molecule has 31 heavy (non-hydrogen) atoms. The van der Waals surface area contributed by atoms with Gasteiger partial charge < -0.3 is 36.2 Å². The standard InChI is InChI=1S/C18H23N3O4.C2H2O4/c19-18(25,14-7-8-16(23)13(11-14)12-22)9-4-10-20-17(24)21-15-5-2-1-3-6-15;3-1(4)2(5)6/h1-3,5-8,11,22-23,25H,4,9-10,12,19H2,(H2,20,21,24);(H,3,4)(H,5,6). The Labute approximate surface area is 177 Å². The number of carbonyl (C=O) groups is 3. The zero-order valence-electron chi connectivity index (χ0n) is 16.5. The van der Waals surface area contributed by atoms with Gasteiger partial charge in [-0.25, -0.2) is 14.4 Å². The number of aliphatic hydroxyl groups excluding tert-OH is 1. The van der Waals surface area contributed by atoms with Gasteiger partial charge in [0.15, 0.2) is 0 Å². The molecule has 1 atom stereocenters. The molecule has 1 unspecified atom stereocenters. The number of rotatable bonds is 7. The molecule has 0 saturated heterocycles. The number of para-hydroxylation sites is 1. The SMILES string of the molecule is NC(O)(CCCNC(=O)Nc1ccccc1)c1ccc(O)c(CO)c1.O=C(O)C(=O)O. The van der Waals surface area contributed by atoms with Crippen molar-refractivity contribution < 1.29 is 39.9 Å². The number of aliphatic hydroxyl groups is 2. The van der Waals surface area contributed by atoms with Gasteiger partial charge in [0.2, 0.25) is 0 Å². The summed E-state index contributed by atoms with van der Waals surface area (Å²) in [5.41, 5.74) is 5.68. The predicted octanol–water partition coefficient (Wildman–Crippen LogP) is 0.746. The maximum Gasteiger partial charge on any atom is 0.414 e. The topological polar surface area (TPSA) is 202 Å². The first kappa shape index (κ1) is 25.4. The summed E-state index contributed by atoms with van der Waals surface area (Å²) >= 11 is 0. The van der Waals surface area contributed by atoms with E-state index in [1.54, 1.807) is 12.1 Å². The van der Waals surface area contributed by atoms with Crippen molar-refractivity contribution in [3.05, 3.63) is 59.7 Å². The summed E-state index contributed by atoms with van der Waals surface area (Å²) in [6.07, 6.45) is 0.652. The third kappa shape index (κ3) is 9.12. The van der Waals surface area contributed by atoms with E-state index in [0.717, 1.165) is 0 Å². The van der Waals surface area contributed by atoms with Crippen molar-refractivity contribution in [2.45, 2.75) is 25.2 Å². The van der Waals surface area contributed by atoms with E-state index in [1.165, 1.54) is 18.2 Å². The molecule has 0 radical (unpaired) electrons. The van der Waals surface area contributed by atoms with Crippen LogP contribution in [0.25, 0.3) is 0 Å². The molecule has 11 heteroatoms. The lowest BCUT2D eigenvalue weighted by atomic mass is 9.96. The molecule has 9 N–H and O–H groups in total. The predicted molar refractivity (Wildman–Crippen MR) is 110 cm³/mol. The number of hydrogen-bond donors (Lipinski definition) is 8. The van der Waals surface area contributed by atoms with Crippen molar-refractivity contribution in [1.82, 2.24) is 5.32 Å². The second-order valence-electron chi connectivity index (χ2n) is 6.39. The Morgan fingerprint density at radius 1 is 1.00 bits per heavy atom. The minimum Gasteiger partial charge on any atom is -0.508 e. The summed E-state index contributed by atoms with van der Waals surface area (Å²) in [4.78, 5) is 30.0. The molecule has 0 aliphatic rings. The Balaban J connectivity index is 0.000000703. The summed E-state index contributed by atoms with van der Waals surface area (Å²) in [5.74, 6) is -3.70. The normalized spacial score (nSPS) is 12.0. The van der Waals surface area contributed by atoms with Crippen LogP contribution in [0.4, 0.5) is 10.5 Å². The first-order chi connectivity index (χ1) is 14.6. The lowest BCUT2D eigenvalue weighted by Crippen LogP contribution is -2.38. The minimum atomic E-state index is -1.82. The van der Waals surface area contributed by atoms with Gasteiger partial charge in [0, 0.05) is 17.8 Å². The number of nitrogens with one attached hydrogen (secondary N) is 2. The van der Waals surface area contributed by atoms with Crippen LogP contribution in [-0.4, -0.2) is 50.0 Å². The summed E-state index contributed by atoms with van der Waals surface area (Å²) in [6, 6.07) is 13.1. The molecule has 0 saturated carbocycles. The largest absolute Gasteiger partial charge is 0.508 e. The van der Waals surface area contributed by atoms with Crippen LogP contribution in [-0.2, 0) is 21.9 Å². The fourth-order valence-electron chi connectivity index (χ4n) is 2.38. The summed E-state index contributed by atoms with van der Waals surface area (Å²) < 4.78 is 0. The molecular formula is C20H25N3O8. The van der Waals surface area contributed by atoms with Crippen LogP contribution in [0.3, 0.4) is 0 Å². The number of carbonyl (C=O) groups excluding carboxylic acids is 1. The zero-order chi connectivity index (χ0) is 23.4. The van der Waals surface area contributed by atoms with Crippen molar-refractivity contribution >= 4 is 23.7 Å². The van der Waals surface area contributed by atoms with E-state index in [2.05, 4.69) is 10.6 Å². The Kier molecular flexibility index (Phi) is 9.92. The third-order valence-corrected chi connectivity index (χ3v) is 3.98. The quantitative estimate of drug-likeness (QED) is 0.175. The van der Waals surface area contributed by atoms with Crippen molar-refractivity contribution in [2.75, 3.05) is 11.9 Å². The smallest absolute Gasteiger partial charge is 0.414 e. The molecule has 0 fully saturated rings. The molecule has 0 aliphatic carbocycles. The Bertz CT molecular complexity index is 875. The van der Waals surface area contributed by atoms with Gasteiger partial charge in [-0.05, 0) is 42.7 Å². The molecule has 2 aromatic carbocycles. The lowest BCUT2D eigenvalue weighted by molar-refractivity contribution is -0.159. The van der Waals surface area contributed by atoms with E-state index in [-0.39, 0.29) is 24.8 Å². The van der Waals surface area contributed by atoms with E-state index in [4.69, 9.17) is 30.6 Å². The number of nitrogens with two attached hydrogens (primary N) is 1. The number of anilines is 1. The zero-order valence-corrected chi connectivity index (χ0v) is 16.5. The second-order valence-corrected chi connectivity index (χ2v) is 6.39. The maximum atomic E-state index is 11.8. The number of benzene rings is 2. The van der Waals surface area contributed by atoms with Crippen LogP contribution in [0.15, 0.2) is 48.5 Å². The summed E-state index contributed by atoms with van der Waals surface area (Å²) in [6.45, 7) is -0.0138. The van der Waals surface area contributed by atoms with E-state index in [0.29, 0.717) is 29.8 Å². The molecule has 2 rings (SSSR count). The van der Waals surface area contributed by atoms with Crippen LogP contribution >= 0.6 is 0 Å². The Morgan fingerprint density at radius 2 is 1.61 bits per heavy atom. The van der Waals surface area contributed by atoms with E-state index in [1.807, 2.05) is 18.2 Å². The van der Waals surface area contributed by atoms with E-state index in [9.17, 15) is 15.0 Å². The van der Waals surface area contributed by atoms with E-state index < -0.39 is 17.7 Å². The molecule has 2 amide bonds. The Hall–Kier alpha value is -3.67. The van der Waals surface area contributed by atoms with Gasteiger partial charge in [-0.2, -0.15) is 0 Å². The highest BCUT2D eigenvalue weighted by atomic mass is 16.4. The lowest BCUT2D eigenvalue weighted by Gasteiger charge is -2.24. The number of aliphatic carboxylic acids is 2. The number of phenols is 1. The van der Waals surface area contributed by atoms with Gasteiger partial charge in [-0.15, -0.1) is 0 Å². The van der Waals surface area contributed by atoms with Gasteiger partial charge in [0.05, 0.1) is 6.61 Å². The van der Waals surface area contributed by atoms with Gasteiger partial charge >= 0.3 is 18.0 Å². The first-order valence-electron chi connectivity index (χ1n) is 9.07. The maximum absolute atomic E-state index is 11.8. The van der Waals surface area contributed by atoms with Crippen LogP contribution in [0, 0.1) is 0 Å². The molecule has 2 aromatic rings. The monoisotopic (exact) mass is 435 g/mol. The van der Waals surface area contributed by atoms with Crippen LogP contribution in [0.1, 0.15) is 24.0 Å². The number of hydrogen-bond acceptors (Lipinski definition) is 7. The average molecular weight is 435 g/mol. The first-order valence-corrected chi connectivity index (χ1v) is 9.07. The highest BCUT2D eigenvalue weighted by Crippen LogP contribution is 2.26. The van der Waals surface area contributed by atoms with E-state index >= 15 is 0 Å². The third-order valence-electron chi connectivity index (χ3n) is 3.98. The number of amides is 2. The molecular weight excluding hydrogens is 410 g/mol. The number of aromatic hydroxyl groups is 1. The summed E-state index contributed by atoms with van der Waals surface area (Å²) in [7, 11) is 0. The highest BCUT2D eigenvalue weighted by Gasteiger charge is 2.24. The number of carboxylic acids is 2. The second kappa shape index (κ2) is 12.1. The van der Waals surface area contributed by atoms with Gasteiger partial charge in [0.25, 0.3) is 0 Å². The molecule has 0 aromatic heterocycles. The molecule has 0 spiro atoms. The van der Waals surface area contributed by atoms with Crippen LogP contribution in [0.5, 0.6) is 5.75 Å². The number of carboxylic acid groups (broad SMARTS) is 2. The Morgan fingerprint density at radius 3 is 2.16 bits per heavy atom. The molecule has 0 heterocycles. The van der Waals surface area contributed by atoms with Crippen molar-refractivity contribution in [3.63, 3.8) is 0 Å². The van der Waals surface area contributed by atoms with Gasteiger partial charge in [0.1, 0.15) is 11.5 Å². The summed E-state index contributed by atoms with van der Waals surface area (Å²) in [5, 5.41) is 49.3. The van der Waals surface area contributed by atoms with Gasteiger partial charge in [-0.3, -0.25) is 5.73 Å². The van der Waals surface area contributed by atoms with Gasteiger partial charge in [-0.1, -0.05) is 24.3 Å². The highest BCUT2D eigenvalue weighted by molar-refractivity contribution is 6.27. The van der Waals surface area contributed by atoms with Crippen molar-refractivity contribution in [2.24, 2.45) is 5.73 Å². The van der Waals surface area contributed by atoms with Crippen LogP contribution < -0.4 is 16.4 Å². The van der Waals surface area contributed by atoms with Crippen LogP contribution in [0.2, 0.25) is 0 Å². The fraction of sp³-hybridized carbons (Fsp3) is 0.250. The minimum absolute atomic E-state index is 0.0544. The molecule has 11 nitrogen and oxygen atoms in total. The fourth-order valence-corrected chi connectivity index (χ4v) is 2.38. The number of urea groups is 1. The molecule has 0 bridgehead atoms.